The average molecular weight is 453 g/mol. The Bertz CT molecular complexity index is 956. The molecular formula is C28H36O5. The molecule has 0 saturated heterocycles. The van der Waals surface area contributed by atoms with E-state index in [0.29, 0.717) is 31.2 Å². The molecule has 9 atom stereocenters. The first kappa shape index (κ1) is 22.8. The first-order valence-electron chi connectivity index (χ1n) is 12.6. The van der Waals surface area contributed by atoms with E-state index < -0.39 is 6.10 Å². The topological polar surface area (TPSA) is 80.7 Å². The Hall–Kier alpha value is -2.01. The highest BCUT2D eigenvalue weighted by Crippen LogP contribution is 2.67. The number of benzene rings is 1. The van der Waals surface area contributed by atoms with Gasteiger partial charge in [-0.2, -0.15) is 0 Å². The van der Waals surface area contributed by atoms with Gasteiger partial charge in [-0.3, -0.25) is 9.59 Å². The Morgan fingerprint density at radius 3 is 2.52 bits per heavy atom. The van der Waals surface area contributed by atoms with Crippen molar-refractivity contribution in [1.82, 2.24) is 0 Å². The van der Waals surface area contributed by atoms with Gasteiger partial charge in [0.2, 0.25) is 0 Å². The van der Waals surface area contributed by atoms with Crippen LogP contribution in [0.1, 0.15) is 76.1 Å². The van der Waals surface area contributed by atoms with Crippen molar-refractivity contribution in [2.75, 3.05) is 0 Å². The molecule has 4 fully saturated rings. The normalized spacial score (nSPS) is 44.4. The van der Waals surface area contributed by atoms with Gasteiger partial charge in [0.15, 0.2) is 0 Å². The molecule has 0 amide bonds. The number of ether oxygens (including phenoxy) is 1. The number of hydrogen-bond donors (Lipinski definition) is 1. The van der Waals surface area contributed by atoms with E-state index in [4.69, 9.17) is 4.74 Å². The molecule has 1 aromatic carbocycles. The molecule has 0 spiro atoms. The number of esters is 1. The lowest BCUT2D eigenvalue weighted by Crippen LogP contribution is -2.63. The summed E-state index contributed by atoms with van der Waals surface area (Å²) in [5, 5.41) is 11.6. The van der Waals surface area contributed by atoms with Crippen LogP contribution in [-0.2, 0) is 14.3 Å². The molecule has 4 unspecified atom stereocenters. The molecule has 33 heavy (non-hydrogen) atoms. The number of aliphatic hydroxyl groups is 1. The van der Waals surface area contributed by atoms with Crippen molar-refractivity contribution < 1.29 is 24.2 Å². The lowest BCUT2D eigenvalue weighted by atomic mass is 9.43. The monoisotopic (exact) mass is 452 g/mol. The molecule has 4 saturated carbocycles. The van der Waals surface area contributed by atoms with Gasteiger partial charge in [-0.05, 0) is 79.7 Å². The van der Waals surface area contributed by atoms with Crippen molar-refractivity contribution in [2.24, 2.45) is 40.4 Å². The average Bonchev–Trinajstić information content (AvgIpc) is 3.11. The maximum Gasteiger partial charge on any atom is 0.338 e. The lowest BCUT2D eigenvalue weighted by Gasteiger charge is -2.63. The van der Waals surface area contributed by atoms with Gasteiger partial charge >= 0.3 is 5.97 Å². The summed E-state index contributed by atoms with van der Waals surface area (Å²) in [5.41, 5.74) is 0.0927. The van der Waals surface area contributed by atoms with E-state index >= 15 is 0 Å². The van der Waals surface area contributed by atoms with E-state index in [2.05, 4.69) is 13.8 Å². The second kappa shape index (κ2) is 8.04. The van der Waals surface area contributed by atoms with Crippen molar-refractivity contribution in [3.63, 3.8) is 0 Å². The number of carbonyl (C=O) groups excluding carboxylic acids is 3. The molecule has 178 valence electrons. The standard InChI is InChI=1S/C28H36O5/c1-16(29)20-9-10-21-24-23(33-26(32)17-7-5-4-6-8-17)14-18-13-19(30)11-12-27(18,2)25(24)22(31)15-28(20,21)3/h4-8,18,20-25,31H,9-15H2,1-3H3/t18-,20?,21?,22+,23+,24?,25?,27-,28+/m0/s1. The van der Waals surface area contributed by atoms with Crippen LogP contribution in [0.4, 0.5) is 0 Å². The molecule has 0 bridgehead atoms. The van der Waals surface area contributed by atoms with Gasteiger partial charge in [0, 0.05) is 24.7 Å². The van der Waals surface area contributed by atoms with Crippen LogP contribution in [0.15, 0.2) is 30.3 Å². The van der Waals surface area contributed by atoms with Gasteiger partial charge in [-0.15, -0.1) is 0 Å². The summed E-state index contributed by atoms with van der Waals surface area (Å²) in [6, 6.07) is 9.05. The van der Waals surface area contributed by atoms with E-state index in [1.54, 1.807) is 19.1 Å². The van der Waals surface area contributed by atoms with Gasteiger partial charge in [-0.1, -0.05) is 32.0 Å². The lowest BCUT2D eigenvalue weighted by molar-refractivity contribution is -0.205. The summed E-state index contributed by atoms with van der Waals surface area (Å²) in [6.07, 6.45) is 3.97. The number of carbonyl (C=O) groups is 3. The van der Waals surface area contributed by atoms with Gasteiger partial charge in [0.1, 0.15) is 17.7 Å². The Labute approximate surface area is 196 Å². The van der Waals surface area contributed by atoms with E-state index in [1.165, 1.54) is 0 Å². The highest BCUT2D eigenvalue weighted by atomic mass is 16.5. The van der Waals surface area contributed by atoms with Crippen molar-refractivity contribution in [1.29, 1.82) is 0 Å². The van der Waals surface area contributed by atoms with Crippen LogP contribution in [0.2, 0.25) is 0 Å². The van der Waals surface area contributed by atoms with Gasteiger partial charge in [-0.25, -0.2) is 4.79 Å². The largest absolute Gasteiger partial charge is 0.458 e. The number of hydrogen-bond acceptors (Lipinski definition) is 5. The molecule has 0 aliphatic heterocycles. The maximum atomic E-state index is 13.1. The number of ketones is 2. The number of rotatable bonds is 3. The smallest absolute Gasteiger partial charge is 0.338 e. The van der Waals surface area contributed by atoms with E-state index in [-0.39, 0.29) is 64.1 Å². The van der Waals surface area contributed by atoms with Gasteiger partial charge < -0.3 is 9.84 Å². The molecule has 4 aliphatic rings. The predicted molar refractivity (Wildman–Crippen MR) is 123 cm³/mol. The predicted octanol–water partition coefficient (Wildman–Crippen LogP) is 4.61. The second-order valence-electron chi connectivity index (χ2n) is 11.7. The SMILES string of the molecule is CC(=O)C1CCC2C3C([C@H](O)C[C@]12C)[C@@]1(C)CCC(=O)C[C@H]1C[C@H]3OC(=O)c1ccccc1. The van der Waals surface area contributed by atoms with Crippen LogP contribution in [-0.4, -0.2) is 34.9 Å². The molecule has 5 rings (SSSR count). The molecule has 4 aliphatic carbocycles. The van der Waals surface area contributed by atoms with Crippen LogP contribution in [0.5, 0.6) is 0 Å². The summed E-state index contributed by atoms with van der Waals surface area (Å²) in [4.78, 5) is 38.0. The first-order valence-corrected chi connectivity index (χ1v) is 12.6. The Morgan fingerprint density at radius 1 is 1.09 bits per heavy atom. The Kier molecular flexibility index (Phi) is 5.55. The van der Waals surface area contributed by atoms with Crippen LogP contribution >= 0.6 is 0 Å². The fourth-order valence-electron chi connectivity index (χ4n) is 8.67. The molecule has 1 N–H and O–H groups in total. The fourth-order valence-corrected chi connectivity index (χ4v) is 8.67. The fraction of sp³-hybridized carbons (Fsp3) is 0.679. The minimum absolute atomic E-state index is 0.00483. The molecule has 0 aromatic heterocycles. The zero-order chi connectivity index (χ0) is 23.5. The summed E-state index contributed by atoms with van der Waals surface area (Å²) >= 11 is 0. The first-order chi connectivity index (χ1) is 15.6. The number of aliphatic hydroxyl groups excluding tert-OH is 1. The third-order valence-corrected chi connectivity index (χ3v) is 10.2. The zero-order valence-corrected chi connectivity index (χ0v) is 20.0. The maximum absolute atomic E-state index is 13.1. The van der Waals surface area contributed by atoms with Crippen LogP contribution < -0.4 is 0 Å². The molecule has 5 heteroatoms. The van der Waals surface area contributed by atoms with Gasteiger partial charge in [0.25, 0.3) is 0 Å². The summed E-state index contributed by atoms with van der Waals surface area (Å²) in [5.74, 6) is 0.395. The quantitative estimate of drug-likeness (QED) is 0.678. The molecule has 0 radical (unpaired) electrons. The molecule has 0 heterocycles. The second-order valence-corrected chi connectivity index (χ2v) is 11.7. The Balaban J connectivity index is 1.54. The highest BCUT2D eigenvalue weighted by Gasteiger charge is 2.66. The number of fused-ring (bicyclic) bond motifs is 5. The Morgan fingerprint density at radius 2 is 1.82 bits per heavy atom. The van der Waals surface area contributed by atoms with Gasteiger partial charge in [0.05, 0.1) is 11.7 Å². The van der Waals surface area contributed by atoms with Crippen LogP contribution in [0, 0.1) is 40.4 Å². The molecule has 5 nitrogen and oxygen atoms in total. The van der Waals surface area contributed by atoms with E-state index in [0.717, 1.165) is 19.3 Å². The minimum Gasteiger partial charge on any atom is -0.458 e. The van der Waals surface area contributed by atoms with Crippen molar-refractivity contribution >= 4 is 17.5 Å². The van der Waals surface area contributed by atoms with E-state index in [1.807, 2.05) is 18.2 Å². The summed E-state index contributed by atoms with van der Waals surface area (Å²) < 4.78 is 6.23. The van der Waals surface area contributed by atoms with Crippen molar-refractivity contribution in [2.45, 2.75) is 77.9 Å². The van der Waals surface area contributed by atoms with Crippen molar-refractivity contribution in [3.05, 3.63) is 35.9 Å². The third kappa shape index (κ3) is 3.50. The van der Waals surface area contributed by atoms with Crippen molar-refractivity contribution in [3.8, 4) is 0 Å². The summed E-state index contributed by atoms with van der Waals surface area (Å²) in [7, 11) is 0. The molecule has 1 aromatic rings. The minimum atomic E-state index is -0.560. The molecular weight excluding hydrogens is 416 g/mol. The summed E-state index contributed by atoms with van der Waals surface area (Å²) in [6.45, 7) is 6.10. The van der Waals surface area contributed by atoms with Crippen LogP contribution in [0.25, 0.3) is 0 Å². The zero-order valence-electron chi connectivity index (χ0n) is 20.0. The van der Waals surface area contributed by atoms with Crippen LogP contribution in [0.3, 0.4) is 0 Å². The number of Topliss-reactive ketones (excluding diaryl/α,β-unsaturated/α-hetero) is 2. The third-order valence-electron chi connectivity index (χ3n) is 10.2. The van der Waals surface area contributed by atoms with E-state index in [9.17, 15) is 19.5 Å². The highest BCUT2D eigenvalue weighted by molar-refractivity contribution is 5.89.